The topological polar surface area (TPSA) is 48.4 Å². The van der Waals surface area contributed by atoms with Crippen LogP contribution >= 0.6 is 0 Å². The van der Waals surface area contributed by atoms with E-state index in [1.54, 1.807) is 7.11 Å². The van der Waals surface area contributed by atoms with Gasteiger partial charge in [-0.3, -0.25) is 0 Å². The van der Waals surface area contributed by atoms with Crippen LogP contribution in [0.15, 0.2) is 28.7 Å². The highest BCUT2D eigenvalue weighted by atomic mass is 16.5. The van der Waals surface area contributed by atoms with E-state index < -0.39 is 0 Å². The van der Waals surface area contributed by atoms with Crippen molar-refractivity contribution in [2.45, 2.75) is 26.8 Å². The minimum atomic E-state index is -0.258. The summed E-state index contributed by atoms with van der Waals surface area (Å²) in [7, 11) is 1.67. The van der Waals surface area contributed by atoms with Gasteiger partial charge in [0.1, 0.15) is 17.3 Å². The zero-order valence-corrected chi connectivity index (χ0v) is 11.3. The summed E-state index contributed by atoms with van der Waals surface area (Å²) >= 11 is 0. The van der Waals surface area contributed by atoms with E-state index in [-0.39, 0.29) is 6.04 Å². The van der Waals surface area contributed by atoms with Gasteiger partial charge < -0.3 is 14.9 Å². The van der Waals surface area contributed by atoms with Gasteiger partial charge in [0.15, 0.2) is 0 Å². The van der Waals surface area contributed by atoms with Crippen LogP contribution in [0, 0.1) is 20.8 Å². The molecule has 3 heteroatoms. The second kappa shape index (κ2) is 4.86. The monoisotopic (exact) mass is 245 g/mol. The molecular weight excluding hydrogens is 226 g/mol. The zero-order chi connectivity index (χ0) is 13.3. The van der Waals surface area contributed by atoms with Crippen LogP contribution < -0.4 is 10.5 Å². The van der Waals surface area contributed by atoms with E-state index in [1.807, 2.05) is 45.0 Å². The molecule has 1 aromatic heterocycles. The fourth-order valence-electron chi connectivity index (χ4n) is 1.95. The summed E-state index contributed by atoms with van der Waals surface area (Å²) in [6.45, 7) is 5.97. The van der Waals surface area contributed by atoms with Crippen molar-refractivity contribution in [1.29, 1.82) is 0 Å². The van der Waals surface area contributed by atoms with Crippen LogP contribution in [0.1, 0.15) is 34.3 Å². The summed E-state index contributed by atoms with van der Waals surface area (Å²) in [4.78, 5) is 0. The van der Waals surface area contributed by atoms with E-state index in [2.05, 4.69) is 0 Å². The number of methoxy groups -OCH3 is 1. The van der Waals surface area contributed by atoms with E-state index in [1.165, 1.54) is 0 Å². The molecule has 1 unspecified atom stereocenters. The van der Waals surface area contributed by atoms with E-state index in [0.717, 1.165) is 34.0 Å². The van der Waals surface area contributed by atoms with Gasteiger partial charge in [-0.15, -0.1) is 0 Å². The molecule has 1 heterocycles. The standard InChI is InChI=1S/C15H19NO2/c1-9-5-6-12(8-13(9)17-4)15(16)14-7-10(2)11(3)18-14/h5-8,15H,16H2,1-4H3. The molecule has 3 nitrogen and oxygen atoms in total. The number of rotatable bonds is 3. The molecular formula is C15H19NO2. The third-order valence-electron chi connectivity index (χ3n) is 3.28. The lowest BCUT2D eigenvalue weighted by atomic mass is 10.0. The fraction of sp³-hybridized carbons (Fsp3) is 0.333. The second-order valence-electron chi connectivity index (χ2n) is 4.59. The van der Waals surface area contributed by atoms with Crippen LogP contribution in [-0.2, 0) is 0 Å². The first-order chi connectivity index (χ1) is 8.52. The lowest BCUT2D eigenvalue weighted by Crippen LogP contribution is -2.11. The van der Waals surface area contributed by atoms with E-state index >= 15 is 0 Å². The van der Waals surface area contributed by atoms with Gasteiger partial charge in [0.2, 0.25) is 0 Å². The third-order valence-corrected chi connectivity index (χ3v) is 3.28. The quantitative estimate of drug-likeness (QED) is 0.902. The summed E-state index contributed by atoms with van der Waals surface area (Å²) < 4.78 is 11.0. The maximum absolute atomic E-state index is 6.22. The number of aryl methyl sites for hydroxylation is 3. The summed E-state index contributed by atoms with van der Waals surface area (Å²) in [6.07, 6.45) is 0. The maximum atomic E-state index is 6.22. The van der Waals surface area contributed by atoms with Gasteiger partial charge in [-0.1, -0.05) is 12.1 Å². The molecule has 2 aromatic rings. The molecule has 1 atom stereocenters. The molecule has 0 fully saturated rings. The highest BCUT2D eigenvalue weighted by molar-refractivity contribution is 5.40. The highest BCUT2D eigenvalue weighted by Gasteiger charge is 2.15. The normalized spacial score (nSPS) is 12.5. The number of hydrogen-bond acceptors (Lipinski definition) is 3. The number of ether oxygens (including phenoxy) is 1. The first kappa shape index (κ1) is 12.7. The molecule has 18 heavy (non-hydrogen) atoms. The van der Waals surface area contributed by atoms with Gasteiger partial charge in [0, 0.05) is 0 Å². The SMILES string of the molecule is COc1cc(C(N)c2cc(C)c(C)o2)ccc1C. The molecule has 0 radical (unpaired) electrons. The summed E-state index contributed by atoms with van der Waals surface area (Å²) in [5, 5.41) is 0. The Morgan fingerprint density at radius 3 is 2.39 bits per heavy atom. The maximum Gasteiger partial charge on any atom is 0.125 e. The minimum Gasteiger partial charge on any atom is -0.496 e. The van der Waals surface area contributed by atoms with Crippen molar-refractivity contribution < 1.29 is 9.15 Å². The predicted octanol–water partition coefficient (Wildman–Crippen LogP) is 3.26. The van der Waals surface area contributed by atoms with Crippen molar-refractivity contribution in [3.05, 3.63) is 52.5 Å². The van der Waals surface area contributed by atoms with Gasteiger partial charge in [-0.05, 0) is 49.6 Å². The Morgan fingerprint density at radius 1 is 1.11 bits per heavy atom. The van der Waals surface area contributed by atoms with Crippen LogP contribution in [-0.4, -0.2) is 7.11 Å². The van der Waals surface area contributed by atoms with Crippen LogP contribution in [0.4, 0.5) is 0 Å². The lowest BCUT2D eigenvalue weighted by Gasteiger charge is -2.12. The Balaban J connectivity index is 2.36. The van der Waals surface area contributed by atoms with Crippen molar-refractivity contribution >= 4 is 0 Å². The Bertz CT molecular complexity index is 538. The number of furan rings is 1. The number of hydrogen-bond donors (Lipinski definition) is 1. The molecule has 0 saturated heterocycles. The molecule has 0 amide bonds. The molecule has 0 aliphatic carbocycles. The molecule has 0 bridgehead atoms. The average molecular weight is 245 g/mol. The van der Waals surface area contributed by atoms with Crippen LogP contribution in [0.2, 0.25) is 0 Å². The Hall–Kier alpha value is -1.74. The molecule has 96 valence electrons. The largest absolute Gasteiger partial charge is 0.496 e. The number of benzene rings is 1. The van der Waals surface area contributed by atoms with E-state index in [4.69, 9.17) is 14.9 Å². The van der Waals surface area contributed by atoms with Crippen molar-refractivity contribution in [3.8, 4) is 5.75 Å². The molecule has 0 aliphatic heterocycles. The van der Waals surface area contributed by atoms with Crippen molar-refractivity contribution in [3.63, 3.8) is 0 Å². The summed E-state index contributed by atoms with van der Waals surface area (Å²) in [5.74, 6) is 2.55. The Kier molecular flexibility index (Phi) is 3.43. The van der Waals surface area contributed by atoms with Gasteiger partial charge in [-0.2, -0.15) is 0 Å². The third kappa shape index (κ3) is 2.27. The van der Waals surface area contributed by atoms with Gasteiger partial charge in [0.25, 0.3) is 0 Å². The van der Waals surface area contributed by atoms with Crippen LogP contribution in [0.5, 0.6) is 5.75 Å². The highest BCUT2D eigenvalue weighted by Crippen LogP contribution is 2.28. The lowest BCUT2D eigenvalue weighted by molar-refractivity contribution is 0.410. The fourth-order valence-corrected chi connectivity index (χ4v) is 1.95. The molecule has 2 N–H and O–H groups in total. The van der Waals surface area contributed by atoms with Crippen molar-refractivity contribution in [2.75, 3.05) is 7.11 Å². The van der Waals surface area contributed by atoms with Crippen LogP contribution in [0.25, 0.3) is 0 Å². The minimum absolute atomic E-state index is 0.258. The predicted molar refractivity (Wildman–Crippen MR) is 71.9 cm³/mol. The molecule has 0 spiro atoms. The molecule has 1 aromatic carbocycles. The smallest absolute Gasteiger partial charge is 0.125 e. The summed E-state index contributed by atoms with van der Waals surface area (Å²) in [6, 6.07) is 7.72. The molecule has 2 rings (SSSR count). The Labute approximate surface area is 108 Å². The van der Waals surface area contributed by atoms with Crippen LogP contribution in [0.3, 0.4) is 0 Å². The molecule has 0 saturated carbocycles. The first-order valence-electron chi connectivity index (χ1n) is 6.00. The van der Waals surface area contributed by atoms with Gasteiger partial charge >= 0.3 is 0 Å². The molecule has 0 aliphatic rings. The van der Waals surface area contributed by atoms with E-state index in [0.29, 0.717) is 0 Å². The van der Waals surface area contributed by atoms with Crippen molar-refractivity contribution in [2.24, 2.45) is 5.73 Å². The van der Waals surface area contributed by atoms with Crippen molar-refractivity contribution in [1.82, 2.24) is 0 Å². The summed E-state index contributed by atoms with van der Waals surface area (Å²) in [5.41, 5.74) is 9.44. The van der Waals surface area contributed by atoms with Gasteiger partial charge in [0.05, 0.1) is 13.2 Å². The first-order valence-corrected chi connectivity index (χ1v) is 6.00. The Morgan fingerprint density at radius 2 is 1.83 bits per heavy atom. The second-order valence-corrected chi connectivity index (χ2v) is 4.59. The van der Waals surface area contributed by atoms with E-state index in [9.17, 15) is 0 Å². The van der Waals surface area contributed by atoms with Gasteiger partial charge in [-0.25, -0.2) is 0 Å². The average Bonchev–Trinajstić information content (AvgIpc) is 2.69. The zero-order valence-electron chi connectivity index (χ0n) is 11.3. The number of nitrogens with two attached hydrogens (primary N) is 1.